The van der Waals surface area contributed by atoms with Crippen LogP contribution in [0.1, 0.15) is 73.5 Å². The van der Waals surface area contributed by atoms with Crippen molar-refractivity contribution in [3.05, 3.63) is 108 Å². The number of hydrogen-bond donors (Lipinski definition) is 2. The molecule has 1 unspecified atom stereocenters. The monoisotopic (exact) mass is 634 g/mol. The van der Waals surface area contributed by atoms with Gasteiger partial charge in [0, 0.05) is 41.4 Å². The smallest absolute Gasteiger partial charge is 0.412 e. The number of Topliss-reactive ketones (excluding diaryl/α,β-unsaturated/α-hetero) is 1. The number of ether oxygens (including phenoxy) is 3. The fourth-order valence-corrected chi connectivity index (χ4v) is 4.88. The molecular formula is C37H38N4O6. The molecule has 0 radical (unpaired) electrons. The van der Waals surface area contributed by atoms with Gasteiger partial charge in [-0.15, -0.1) is 0 Å². The predicted molar refractivity (Wildman–Crippen MR) is 178 cm³/mol. The number of ketones is 1. The summed E-state index contributed by atoms with van der Waals surface area (Å²) in [6.07, 6.45) is 6.35. The molecule has 0 bridgehead atoms. The Bertz CT molecular complexity index is 1760. The standard InChI is InChI=1S/C37H38N4O6/c1-37(2,3)47-36(44)40-32-22-29(24-46-35-14-7-8-19-45-35)27(16-15-26-10-5-4-6-11-26)21-31(32)39-34(43)23-33(42)28-12-9-13-30(20-28)41-18-17-38-25-41/h4-6,9-13,17-18,20-22,25,35H,7-8,14,19,23-24H2,1-3H3,(H,39,43)(H,40,44). The normalized spacial score (nSPS) is 14.4. The molecule has 47 heavy (non-hydrogen) atoms. The van der Waals surface area contributed by atoms with Gasteiger partial charge in [-0.2, -0.15) is 0 Å². The van der Waals surface area contributed by atoms with Crippen molar-refractivity contribution in [1.82, 2.24) is 9.55 Å². The average molecular weight is 635 g/mol. The third-order valence-electron chi connectivity index (χ3n) is 7.12. The van der Waals surface area contributed by atoms with Gasteiger partial charge in [0.1, 0.15) is 5.60 Å². The van der Waals surface area contributed by atoms with Crippen LogP contribution < -0.4 is 10.6 Å². The Hall–Kier alpha value is -5.24. The first-order valence-corrected chi connectivity index (χ1v) is 15.5. The fraction of sp³-hybridized carbons (Fsp3) is 0.297. The van der Waals surface area contributed by atoms with Crippen LogP contribution in [-0.4, -0.2) is 45.8 Å². The van der Waals surface area contributed by atoms with Crippen LogP contribution in [0.25, 0.3) is 5.69 Å². The van der Waals surface area contributed by atoms with Crippen LogP contribution >= 0.6 is 0 Å². The number of carbonyl (C=O) groups is 3. The van der Waals surface area contributed by atoms with Gasteiger partial charge in [-0.3, -0.25) is 14.9 Å². The first-order valence-electron chi connectivity index (χ1n) is 15.5. The summed E-state index contributed by atoms with van der Waals surface area (Å²) in [6, 6.07) is 19.8. The van der Waals surface area contributed by atoms with Gasteiger partial charge < -0.3 is 24.1 Å². The highest BCUT2D eigenvalue weighted by atomic mass is 16.7. The van der Waals surface area contributed by atoms with Crippen molar-refractivity contribution in [1.29, 1.82) is 0 Å². The van der Waals surface area contributed by atoms with Crippen LogP contribution in [0.4, 0.5) is 16.2 Å². The van der Waals surface area contributed by atoms with Crippen molar-refractivity contribution >= 4 is 29.2 Å². The molecule has 0 spiro atoms. The maximum Gasteiger partial charge on any atom is 0.412 e. The Kier molecular flexibility index (Phi) is 10.8. The van der Waals surface area contributed by atoms with Gasteiger partial charge in [-0.25, -0.2) is 9.78 Å². The molecular weight excluding hydrogens is 596 g/mol. The van der Waals surface area contributed by atoms with E-state index in [2.05, 4.69) is 27.5 Å². The lowest BCUT2D eigenvalue weighted by Crippen LogP contribution is -2.28. The summed E-state index contributed by atoms with van der Waals surface area (Å²) in [6.45, 7) is 6.07. The number of carbonyl (C=O) groups excluding carboxylic acids is 3. The molecule has 1 aromatic heterocycles. The highest BCUT2D eigenvalue weighted by molar-refractivity contribution is 6.12. The summed E-state index contributed by atoms with van der Waals surface area (Å²) in [5.74, 6) is 5.43. The van der Waals surface area contributed by atoms with Crippen molar-refractivity contribution in [2.24, 2.45) is 0 Å². The zero-order valence-electron chi connectivity index (χ0n) is 26.7. The van der Waals surface area contributed by atoms with Crippen LogP contribution in [0.5, 0.6) is 0 Å². The van der Waals surface area contributed by atoms with Crippen molar-refractivity contribution in [2.45, 2.75) is 65.0 Å². The molecule has 5 rings (SSSR count). The minimum Gasteiger partial charge on any atom is -0.444 e. The number of nitrogens with zero attached hydrogens (tertiary/aromatic N) is 2. The molecule has 4 aromatic rings. The molecule has 0 aliphatic carbocycles. The maximum absolute atomic E-state index is 13.3. The van der Waals surface area contributed by atoms with E-state index in [9.17, 15) is 14.4 Å². The van der Waals surface area contributed by atoms with Crippen molar-refractivity contribution in [2.75, 3.05) is 17.2 Å². The number of rotatable bonds is 9. The number of hydrogen-bond acceptors (Lipinski definition) is 7. The van der Waals surface area contributed by atoms with Crippen molar-refractivity contribution < 1.29 is 28.6 Å². The Labute approximate surface area is 274 Å². The van der Waals surface area contributed by atoms with Crippen LogP contribution in [0, 0.1) is 11.8 Å². The lowest BCUT2D eigenvalue weighted by molar-refractivity contribution is -0.168. The lowest BCUT2D eigenvalue weighted by Gasteiger charge is -2.24. The predicted octanol–water partition coefficient (Wildman–Crippen LogP) is 6.87. The molecule has 1 atom stereocenters. The zero-order chi connectivity index (χ0) is 33.2. The van der Waals surface area contributed by atoms with E-state index in [1.54, 1.807) is 74.4 Å². The number of aromatic nitrogens is 2. The molecule has 1 aliphatic rings. The van der Waals surface area contributed by atoms with Gasteiger partial charge in [0.05, 0.1) is 30.7 Å². The maximum atomic E-state index is 13.3. The van der Waals surface area contributed by atoms with E-state index in [1.807, 2.05) is 36.4 Å². The third kappa shape index (κ3) is 9.87. The molecule has 2 amide bonds. The van der Waals surface area contributed by atoms with E-state index >= 15 is 0 Å². The number of benzene rings is 3. The van der Waals surface area contributed by atoms with Crippen LogP contribution in [0.2, 0.25) is 0 Å². The van der Waals surface area contributed by atoms with Gasteiger partial charge in [0.2, 0.25) is 5.91 Å². The van der Waals surface area contributed by atoms with Gasteiger partial charge in [0.15, 0.2) is 12.1 Å². The molecule has 3 aromatic carbocycles. The van der Waals surface area contributed by atoms with Gasteiger partial charge >= 0.3 is 6.09 Å². The molecule has 1 aliphatic heterocycles. The summed E-state index contributed by atoms with van der Waals surface area (Å²) in [7, 11) is 0. The Balaban J connectivity index is 1.43. The van der Waals surface area contributed by atoms with E-state index in [-0.39, 0.29) is 30.1 Å². The summed E-state index contributed by atoms with van der Waals surface area (Å²) in [5.41, 5.74) is 2.97. The van der Waals surface area contributed by atoms with Crippen molar-refractivity contribution in [3.63, 3.8) is 0 Å². The topological polar surface area (TPSA) is 121 Å². The van der Waals surface area contributed by atoms with Gasteiger partial charge in [0.25, 0.3) is 0 Å². The second kappa shape index (κ2) is 15.4. The highest BCUT2D eigenvalue weighted by Gasteiger charge is 2.21. The summed E-state index contributed by atoms with van der Waals surface area (Å²) in [5, 5.41) is 5.57. The largest absolute Gasteiger partial charge is 0.444 e. The van der Waals surface area contributed by atoms with E-state index in [1.165, 1.54) is 0 Å². The quantitative estimate of drug-likeness (QED) is 0.117. The second-order valence-electron chi connectivity index (χ2n) is 12.1. The molecule has 2 N–H and O–H groups in total. The molecule has 10 nitrogen and oxygen atoms in total. The van der Waals surface area contributed by atoms with E-state index in [4.69, 9.17) is 14.2 Å². The highest BCUT2D eigenvalue weighted by Crippen LogP contribution is 2.29. The first-order chi connectivity index (χ1) is 22.6. The minimum atomic E-state index is -0.753. The minimum absolute atomic E-state index is 0.159. The lowest BCUT2D eigenvalue weighted by atomic mass is 10.0. The van der Waals surface area contributed by atoms with Crippen LogP contribution in [-0.2, 0) is 25.6 Å². The van der Waals surface area contributed by atoms with Gasteiger partial charge in [-0.1, -0.05) is 42.2 Å². The molecule has 1 fully saturated rings. The molecule has 242 valence electrons. The number of amides is 2. The molecule has 0 saturated carbocycles. The molecule has 10 heteroatoms. The first kappa shape index (κ1) is 33.1. The Morgan fingerprint density at radius 2 is 1.79 bits per heavy atom. The van der Waals surface area contributed by atoms with Crippen LogP contribution in [0.3, 0.4) is 0 Å². The SMILES string of the molecule is CC(C)(C)OC(=O)Nc1cc(COC2CCCCO2)c(C#Cc2ccccc2)cc1NC(=O)CC(=O)c1cccc(-n2ccnc2)c1. The van der Waals surface area contributed by atoms with Crippen LogP contribution in [0.15, 0.2) is 85.5 Å². The zero-order valence-corrected chi connectivity index (χ0v) is 26.7. The fourth-order valence-electron chi connectivity index (χ4n) is 4.88. The van der Waals surface area contributed by atoms with E-state index in [0.717, 1.165) is 30.5 Å². The number of anilines is 2. The third-order valence-corrected chi connectivity index (χ3v) is 7.12. The Morgan fingerprint density at radius 1 is 0.979 bits per heavy atom. The van der Waals surface area contributed by atoms with Crippen molar-refractivity contribution in [3.8, 4) is 17.5 Å². The number of imidazole rings is 1. The second-order valence-corrected chi connectivity index (χ2v) is 12.1. The van der Waals surface area contributed by atoms with E-state index < -0.39 is 24.0 Å². The molecule has 1 saturated heterocycles. The van der Waals surface area contributed by atoms with E-state index in [0.29, 0.717) is 23.3 Å². The summed E-state index contributed by atoms with van der Waals surface area (Å²) in [4.78, 5) is 43.4. The number of nitrogens with one attached hydrogen (secondary N) is 2. The van der Waals surface area contributed by atoms with Gasteiger partial charge in [-0.05, 0) is 82.0 Å². The summed E-state index contributed by atoms with van der Waals surface area (Å²) < 4.78 is 19.1. The molecule has 2 heterocycles. The summed E-state index contributed by atoms with van der Waals surface area (Å²) >= 11 is 0. The Morgan fingerprint density at radius 3 is 2.51 bits per heavy atom. The average Bonchev–Trinajstić information content (AvgIpc) is 3.59.